The van der Waals surface area contributed by atoms with Crippen LogP contribution in [-0.4, -0.2) is 57.1 Å². The van der Waals surface area contributed by atoms with E-state index in [9.17, 15) is 24.5 Å². The number of nitro benzene ring substituents is 1. The number of nitrogens with one attached hydrogen (secondary N) is 1. The van der Waals surface area contributed by atoms with Gasteiger partial charge in [0.15, 0.2) is 5.13 Å². The highest BCUT2D eigenvalue weighted by atomic mass is 32.1. The standard InChI is InChI=1S/C21H23N5O5S/c1-12-6-8-24(9-7-12)10-16-13(2)22-21(32-16)23-17(27)11-25-19(28)14-4-3-5-15(26(30)31)18(14)20(25)29/h3-5,12H,6-11H2,1-2H3,(H,22,23,27). The van der Waals surface area contributed by atoms with Crippen molar-refractivity contribution in [2.75, 3.05) is 25.0 Å². The third kappa shape index (κ3) is 4.26. The van der Waals surface area contributed by atoms with Gasteiger partial charge in [0.05, 0.1) is 16.2 Å². The van der Waals surface area contributed by atoms with Crippen molar-refractivity contribution in [3.05, 3.63) is 50.0 Å². The Labute approximate surface area is 188 Å². The van der Waals surface area contributed by atoms with Crippen LogP contribution in [0.25, 0.3) is 0 Å². The van der Waals surface area contributed by atoms with Crippen LogP contribution in [0.3, 0.4) is 0 Å². The Kier molecular flexibility index (Phi) is 6.02. The molecule has 2 aliphatic heterocycles. The van der Waals surface area contributed by atoms with Gasteiger partial charge in [0.2, 0.25) is 5.91 Å². The minimum Gasteiger partial charge on any atom is -0.300 e. The molecule has 32 heavy (non-hydrogen) atoms. The number of nitro groups is 1. The first-order valence-electron chi connectivity index (χ1n) is 10.4. The highest BCUT2D eigenvalue weighted by molar-refractivity contribution is 7.15. The summed E-state index contributed by atoms with van der Waals surface area (Å²) in [4.78, 5) is 56.8. The molecule has 0 aliphatic carbocycles. The number of fused-ring (bicyclic) bond motifs is 1. The number of hydrogen-bond donors (Lipinski definition) is 1. The minimum absolute atomic E-state index is 0.0692. The van der Waals surface area contributed by atoms with Gasteiger partial charge in [0, 0.05) is 17.5 Å². The second-order valence-corrected chi connectivity index (χ2v) is 9.27. The Hall–Kier alpha value is -3.18. The van der Waals surface area contributed by atoms with Gasteiger partial charge in [-0.05, 0) is 44.8 Å². The molecule has 0 atom stereocenters. The highest BCUT2D eigenvalue weighted by Gasteiger charge is 2.41. The summed E-state index contributed by atoms with van der Waals surface area (Å²) in [5.41, 5.74) is 0.0371. The maximum atomic E-state index is 12.6. The summed E-state index contributed by atoms with van der Waals surface area (Å²) in [6.45, 7) is 6.45. The average molecular weight is 458 g/mol. The van der Waals surface area contributed by atoms with Gasteiger partial charge in [-0.15, -0.1) is 11.3 Å². The second kappa shape index (κ2) is 8.75. The number of anilines is 1. The van der Waals surface area contributed by atoms with Gasteiger partial charge in [-0.3, -0.25) is 34.3 Å². The topological polar surface area (TPSA) is 126 Å². The minimum atomic E-state index is -0.845. The lowest BCUT2D eigenvalue weighted by atomic mass is 9.99. The number of carbonyl (C=O) groups excluding carboxylic acids is 3. The van der Waals surface area contributed by atoms with E-state index in [1.54, 1.807) is 0 Å². The summed E-state index contributed by atoms with van der Waals surface area (Å²) in [6.07, 6.45) is 2.33. The summed E-state index contributed by atoms with van der Waals surface area (Å²) in [7, 11) is 0. The molecule has 11 heteroatoms. The Morgan fingerprint density at radius 3 is 2.69 bits per heavy atom. The van der Waals surface area contributed by atoms with Crippen LogP contribution in [0.2, 0.25) is 0 Å². The summed E-state index contributed by atoms with van der Waals surface area (Å²) in [5.74, 6) is -1.41. The molecule has 10 nitrogen and oxygen atoms in total. The van der Waals surface area contributed by atoms with E-state index in [4.69, 9.17) is 0 Å². The number of piperidine rings is 1. The lowest BCUT2D eigenvalue weighted by molar-refractivity contribution is -0.385. The number of hydrogen-bond acceptors (Lipinski definition) is 8. The van der Waals surface area contributed by atoms with E-state index in [1.807, 2.05) is 6.92 Å². The van der Waals surface area contributed by atoms with Gasteiger partial charge >= 0.3 is 0 Å². The quantitative estimate of drug-likeness (QED) is 0.402. The molecule has 168 valence electrons. The summed E-state index contributed by atoms with van der Waals surface area (Å²) < 4.78 is 0. The van der Waals surface area contributed by atoms with E-state index in [2.05, 4.69) is 22.1 Å². The fraction of sp³-hybridized carbons (Fsp3) is 0.429. The number of thiazole rings is 1. The number of rotatable bonds is 6. The molecule has 0 radical (unpaired) electrons. The molecular formula is C21H23N5O5S. The van der Waals surface area contributed by atoms with Crippen molar-refractivity contribution in [1.29, 1.82) is 0 Å². The predicted octanol–water partition coefficient (Wildman–Crippen LogP) is 2.83. The van der Waals surface area contributed by atoms with Crippen LogP contribution in [-0.2, 0) is 11.3 Å². The summed E-state index contributed by atoms with van der Waals surface area (Å²) in [5, 5.41) is 14.3. The molecule has 3 heterocycles. The molecule has 4 rings (SSSR count). The second-order valence-electron chi connectivity index (χ2n) is 8.19. The number of aryl methyl sites for hydroxylation is 1. The van der Waals surface area contributed by atoms with E-state index in [0.29, 0.717) is 5.13 Å². The molecule has 1 aromatic carbocycles. The number of amides is 3. The van der Waals surface area contributed by atoms with Crippen LogP contribution in [0.1, 0.15) is 51.1 Å². The van der Waals surface area contributed by atoms with Crippen molar-refractivity contribution >= 4 is 39.9 Å². The largest absolute Gasteiger partial charge is 0.300 e. The Balaban J connectivity index is 1.41. The van der Waals surface area contributed by atoms with Gasteiger partial charge in [-0.1, -0.05) is 13.0 Å². The van der Waals surface area contributed by atoms with Crippen molar-refractivity contribution in [2.45, 2.75) is 33.2 Å². The lowest BCUT2D eigenvalue weighted by Gasteiger charge is -2.29. The predicted molar refractivity (Wildman–Crippen MR) is 118 cm³/mol. The molecule has 0 saturated carbocycles. The van der Waals surface area contributed by atoms with E-state index in [1.165, 1.54) is 36.3 Å². The van der Waals surface area contributed by atoms with Crippen molar-refractivity contribution in [1.82, 2.24) is 14.8 Å². The van der Waals surface area contributed by atoms with E-state index in [-0.39, 0.29) is 11.1 Å². The molecule has 1 aromatic heterocycles. The zero-order valence-corrected chi connectivity index (χ0v) is 18.6. The maximum absolute atomic E-state index is 12.6. The van der Waals surface area contributed by atoms with Gasteiger partial charge in [-0.2, -0.15) is 0 Å². The molecule has 3 amide bonds. The zero-order chi connectivity index (χ0) is 23.0. The van der Waals surface area contributed by atoms with Crippen molar-refractivity contribution in [3.8, 4) is 0 Å². The lowest BCUT2D eigenvalue weighted by Crippen LogP contribution is -2.37. The highest BCUT2D eigenvalue weighted by Crippen LogP contribution is 2.31. The smallest absolute Gasteiger partial charge is 0.282 e. The molecule has 1 fully saturated rings. The van der Waals surface area contributed by atoms with E-state index >= 15 is 0 Å². The first-order chi connectivity index (χ1) is 15.2. The van der Waals surface area contributed by atoms with Gasteiger partial charge < -0.3 is 5.32 Å². The van der Waals surface area contributed by atoms with Crippen LogP contribution < -0.4 is 5.32 Å². The van der Waals surface area contributed by atoms with Crippen molar-refractivity contribution in [2.24, 2.45) is 5.92 Å². The van der Waals surface area contributed by atoms with Crippen LogP contribution in [0.4, 0.5) is 10.8 Å². The molecule has 2 aliphatic rings. The SMILES string of the molecule is Cc1nc(NC(=O)CN2C(=O)c3cccc([N+](=O)[O-])c3C2=O)sc1CN1CCC(C)CC1. The van der Waals surface area contributed by atoms with Crippen LogP contribution >= 0.6 is 11.3 Å². The molecule has 0 unspecified atom stereocenters. The van der Waals surface area contributed by atoms with Gasteiger partial charge in [0.1, 0.15) is 12.1 Å². The first-order valence-corrected chi connectivity index (χ1v) is 11.2. The Morgan fingerprint density at radius 1 is 1.28 bits per heavy atom. The maximum Gasteiger partial charge on any atom is 0.282 e. The van der Waals surface area contributed by atoms with Crippen LogP contribution in [0, 0.1) is 23.0 Å². The van der Waals surface area contributed by atoms with Gasteiger partial charge in [-0.25, -0.2) is 4.98 Å². The van der Waals surface area contributed by atoms with E-state index in [0.717, 1.165) is 47.1 Å². The Bertz CT molecular complexity index is 1110. The monoisotopic (exact) mass is 457 g/mol. The first kappa shape index (κ1) is 22.0. The van der Waals surface area contributed by atoms with E-state index < -0.39 is 34.9 Å². The fourth-order valence-electron chi connectivity index (χ4n) is 3.97. The number of likely N-dealkylation sites (tertiary alicyclic amines) is 1. The molecule has 0 bridgehead atoms. The van der Waals surface area contributed by atoms with Crippen molar-refractivity contribution < 1.29 is 19.3 Å². The zero-order valence-electron chi connectivity index (χ0n) is 17.8. The number of imide groups is 1. The summed E-state index contributed by atoms with van der Waals surface area (Å²) in [6, 6.07) is 3.85. The van der Waals surface area contributed by atoms with Crippen LogP contribution in [0.15, 0.2) is 18.2 Å². The molecule has 1 N–H and O–H groups in total. The third-order valence-corrected chi connectivity index (χ3v) is 6.92. The number of benzene rings is 1. The average Bonchev–Trinajstić information content (AvgIpc) is 3.21. The molecule has 0 spiro atoms. The normalized spacial score (nSPS) is 17.0. The number of nitrogens with zero attached hydrogens (tertiary/aromatic N) is 4. The van der Waals surface area contributed by atoms with Gasteiger partial charge in [0.25, 0.3) is 17.5 Å². The Morgan fingerprint density at radius 2 is 2.00 bits per heavy atom. The molecule has 2 aromatic rings. The number of carbonyl (C=O) groups is 3. The third-order valence-electron chi connectivity index (χ3n) is 5.86. The summed E-state index contributed by atoms with van der Waals surface area (Å²) >= 11 is 1.37. The fourth-order valence-corrected chi connectivity index (χ4v) is 4.99. The number of aromatic nitrogens is 1. The molecular weight excluding hydrogens is 434 g/mol. The molecule has 1 saturated heterocycles. The van der Waals surface area contributed by atoms with Crippen molar-refractivity contribution in [3.63, 3.8) is 0 Å². The van der Waals surface area contributed by atoms with Crippen LogP contribution in [0.5, 0.6) is 0 Å².